The van der Waals surface area contributed by atoms with Gasteiger partial charge in [-0.3, -0.25) is 9.59 Å². The molecule has 2 aromatic rings. The average molecular weight is 336 g/mol. The molecule has 5 nitrogen and oxygen atoms in total. The topological polar surface area (TPSA) is 67.4 Å². The maximum absolute atomic E-state index is 13.2. The van der Waals surface area contributed by atoms with Gasteiger partial charge in [-0.25, -0.2) is 4.39 Å². The molecule has 0 fully saturated rings. The van der Waals surface area contributed by atoms with E-state index in [9.17, 15) is 14.0 Å². The molecule has 0 radical (unpaired) electrons. The van der Waals surface area contributed by atoms with Crippen molar-refractivity contribution in [2.75, 3.05) is 11.9 Å². The van der Waals surface area contributed by atoms with Gasteiger partial charge in [-0.05, 0) is 38.1 Å². The number of amides is 2. The molecule has 0 saturated heterocycles. The van der Waals surface area contributed by atoms with Crippen molar-refractivity contribution in [2.24, 2.45) is 0 Å². The second kappa shape index (κ2) is 7.73. The molecule has 0 atom stereocenters. The smallest absolute Gasteiger partial charge is 0.313 e. The number of carbonyl (C=O) groups excluding carboxylic acids is 2. The lowest BCUT2D eigenvalue weighted by Gasteiger charge is -2.11. The Morgan fingerprint density at radius 2 is 2.00 bits per heavy atom. The maximum Gasteiger partial charge on any atom is 0.313 e. The fourth-order valence-corrected chi connectivity index (χ4v) is 2.71. The minimum atomic E-state index is -0.828. The number of anilines is 1. The van der Waals surface area contributed by atoms with Crippen molar-refractivity contribution in [1.82, 2.24) is 5.32 Å². The van der Waals surface area contributed by atoms with Crippen LogP contribution in [0.25, 0.3) is 0 Å². The molecule has 2 amide bonds. The quantitative estimate of drug-likeness (QED) is 0.825. The van der Waals surface area contributed by atoms with E-state index in [0.29, 0.717) is 6.61 Å². The molecule has 1 aromatic heterocycles. The van der Waals surface area contributed by atoms with E-state index in [2.05, 4.69) is 10.6 Å². The molecular formula is C16H17FN2O3S. The van der Waals surface area contributed by atoms with E-state index in [1.165, 1.54) is 12.1 Å². The molecule has 1 aromatic carbocycles. The van der Waals surface area contributed by atoms with Crippen LogP contribution in [0.15, 0.2) is 30.3 Å². The van der Waals surface area contributed by atoms with Crippen LogP contribution in [0.5, 0.6) is 5.75 Å². The molecule has 0 aliphatic carbocycles. The monoisotopic (exact) mass is 336 g/mol. The fraction of sp³-hybridized carbons (Fsp3) is 0.250. The van der Waals surface area contributed by atoms with Crippen LogP contribution < -0.4 is 15.4 Å². The van der Waals surface area contributed by atoms with E-state index in [0.717, 1.165) is 15.8 Å². The molecule has 0 unspecified atom stereocenters. The highest BCUT2D eigenvalue weighted by molar-refractivity contribution is 7.11. The van der Waals surface area contributed by atoms with Crippen molar-refractivity contribution in [3.8, 4) is 5.75 Å². The van der Waals surface area contributed by atoms with Crippen LogP contribution in [0, 0.1) is 12.7 Å². The molecule has 0 bridgehead atoms. The van der Waals surface area contributed by atoms with Crippen molar-refractivity contribution < 1.29 is 18.7 Å². The molecule has 23 heavy (non-hydrogen) atoms. The van der Waals surface area contributed by atoms with Gasteiger partial charge in [-0.1, -0.05) is 0 Å². The first-order valence-electron chi connectivity index (χ1n) is 7.06. The summed E-state index contributed by atoms with van der Waals surface area (Å²) in [5.74, 6) is -1.89. The highest BCUT2D eigenvalue weighted by Crippen LogP contribution is 2.25. The van der Waals surface area contributed by atoms with Gasteiger partial charge in [0, 0.05) is 15.8 Å². The third-order valence-corrected chi connectivity index (χ3v) is 3.92. The lowest BCUT2D eigenvalue weighted by Crippen LogP contribution is -2.34. The van der Waals surface area contributed by atoms with Gasteiger partial charge in [0.25, 0.3) is 0 Å². The van der Waals surface area contributed by atoms with Crippen LogP contribution in [0.1, 0.15) is 16.7 Å². The van der Waals surface area contributed by atoms with Crippen molar-refractivity contribution in [3.05, 3.63) is 45.9 Å². The summed E-state index contributed by atoms with van der Waals surface area (Å²) >= 11 is 1.55. The van der Waals surface area contributed by atoms with E-state index in [1.54, 1.807) is 18.3 Å². The van der Waals surface area contributed by atoms with Crippen LogP contribution in [0.4, 0.5) is 10.1 Å². The number of nitrogens with one attached hydrogen (secondary N) is 2. The summed E-state index contributed by atoms with van der Waals surface area (Å²) in [5.41, 5.74) is 0.250. The third kappa shape index (κ3) is 4.79. The predicted octanol–water partition coefficient (Wildman–Crippen LogP) is 2.85. The molecule has 2 N–H and O–H groups in total. The number of ether oxygens (including phenoxy) is 1. The summed E-state index contributed by atoms with van der Waals surface area (Å²) in [6.07, 6.45) is 0. The van der Waals surface area contributed by atoms with Crippen molar-refractivity contribution in [2.45, 2.75) is 20.4 Å². The number of hydrogen-bond donors (Lipinski definition) is 2. The summed E-state index contributed by atoms with van der Waals surface area (Å²) in [4.78, 5) is 25.8. The van der Waals surface area contributed by atoms with E-state index in [4.69, 9.17) is 4.74 Å². The van der Waals surface area contributed by atoms with Gasteiger partial charge >= 0.3 is 11.8 Å². The minimum Gasteiger partial charge on any atom is -0.492 e. The van der Waals surface area contributed by atoms with Crippen LogP contribution >= 0.6 is 11.3 Å². The van der Waals surface area contributed by atoms with E-state index in [-0.39, 0.29) is 18.0 Å². The molecule has 0 aliphatic heterocycles. The molecule has 0 spiro atoms. The summed E-state index contributed by atoms with van der Waals surface area (Å²) in [6.45, 7) is 4.31. The van der Waals surface area contributed by atoms with Crippen LogP contribution in [0.2, 0.25) is 0 Å². The largest absolute Gasteiger partial charge is 0.492 e. The van der Waals surface area contributed by atoms with Gasteiger partial charge in [-0.2, -0.15) is 0 Å². The number of benzene rings is 1. The van der Waals surface area contributed by atoms with Crippen molar-refractivity contribution in [3.63, 3.8) is 0 Å². The molecule has 0 aliphatic rings. The predicted molar refractivity (Wildman–Crippen MR) is 87.1 cm³/mol. The standard InChI is InChI=1S/C16H17FN2O3S/c1-3-22-14-8-11(17)5-7-13(14)19-16(21)15(20)18-9-12-6-4-10(2)23-12/h4-8H,3,9H2,1-2H3,(H,18,20)(H,19,21). The molecule has 2 rings (SSSR count). The second-order valence-corrected chi connectivity index (χ2v) is 6.10. The van der Waals surface area contributed by atoms with E-state index >= 15 is 0 Å². The second-order valence-electron chi connectivity index (χ2n) is 4.72. The highest BCUT2D eigenvalue weighted by Gasteiger charge is 2.16. The van der Waals surface area contributed by atoms with Gasteiger partial charge in [0.2, 0.25) is 0 Å². The molecule has 0 saturated carbocycles. The molecule has 7 heteroatoms. The lowest BCUT2D eigenvalue weighted by atomic mass is 10.2. The Hall–Kier alpha value is -2.41. The number of aryl methyl sites for hydroxylation is 1. The van der Waals surface area contributed by atoms with Gasteiger partial charge in [-0.15, -0.1) is 11.3 Å². The SMILES string of the molecule is CCOc1cc(F)ccc1NC(=O)C(=O)NCc1ccc(C)s1. The number of hydrogen-bond acceptors (Lipinski definition) is 4. The summed E-state index contributed by atoms with van der Waals surface area (Å²) < 4.78 is 18.5. The van der Waals surface area contributed by atoms with E-state index in [1.807, 2.05) is 19.1 Å². The van der Waals surface area contributed by atoms with Gasteiger partial charge in [0.1, 0.15) is 11.6 Å². The first-order chi connectivity index (χ1) is 11.0. The van der Waals surface area contributed by atoms with Gasteiger partial charge < -0.3 is 15.4 Å². The van der Waals surface area contributed by atoms with Crippen LogP contribution in [-0.2, 0) is 16.1 Å². The highest BCUT2D eigenvalue weighted by atomic mass is 32.1. The number of thiophene rings is 1. The average Bonchev–Trinajstić information content (AvgIpc) is 2.93. The maximum atomic E-state index is 13.2. The third-order valence-electron chi connectivity index (χ3n) is 2.92. The fourth-order valence-electron chi connectivity index (χ4n) is 1.88. The molecular weight excluding hydrogens is 319 g/mol. The number of rotatable bonds is 5. The normalized spacial score (nSPS) is 10.2. The Labute approximate surface area is 137 Å². The Morgan fingerprint density at radius 3 is 2.65 bits per heavy atom. The minimum absolute atomic E-state index is 0.183. The lowest BCUT2D eigenvalue weighted by molar-refractivity contribution is -0.136. The Balaban J connectivity index is 1.96. The summed E-state index contributed by atoms with van der Waals surface area (Å²) in [7, 11) is 0. The van der Waals surface area contributed by atoms with E-state index < -0.39 is 17.6 Å². The zero-order valence-electron chi connectivity index (χ0n) is 12.8. The van der Waals surface area contributed by atoms with Crippen molar-refractivity contribution >= 4 is 28.8 Å². The summed E-state index contributed by atoms with van der Waals surface area (Å²) in [6, 6.07) is 7.54. The zero-order chi connectivity index (χ0) is 16.8. The number of halogens is 1. The van der Waals surface area contributed by atoms with Gasteiger partial charge in [0.15, 0.2) is 0 Å². The Kier molecular flexibility index (Phi) is 5.70. The van der Waals surface area contributed by atoms with Crippen LogP contribution in [0.3, 0.4) is 0 Å². The zero-order valence-corrected chi connectivity index (χ0v) is 13.6. The molecule has 122 valence electrons. The first-order valence-corrected chi connectivity index (χ1v) is 7.88. The first kappa shape index (κ1) is 17.0. The van der Waals surface area contributed by atoms with Gasteiger partial charge in [0.05, 0.1) is 18.8 Å². The Bertz CT molecular complexity index is 715. The summed E-state index contributed by atoms with van der Waals surface area (Å²) in [5, 5.41) is 4.96. The number of carbonyl (C=O) groups is 2. The van der Waals surface area contributed by atoms with Crippen LogP contribution in [-0.4, -0.2) is 18.4 Å². The molecule has 1 heterocycles. The Morgan fingerprint density at radius 1 is 1.22 bits per heavy atom. The van der Waals surface area contributed by atoms with Crippen molar-refractivity contribution in [1.29, 1.82) is 0 Å².